The normalized spacial score (nSPS) is 28.0. The van der Waals surface area contributed by atoms with Crippen LogP contribution in [0, 0.1) is 0 Å². The molecule has 2 aromatic rings. The number of ether oxygens (including phenoxy) is 2. The predicted octanol–water partition coefficient (Wildman–Crippen LogP) is 1.04. The Bertz CT molecular complexity index is 1550. The van der Waals surface area contributed by atoms with E-state index in [2.05, 4.69) is 5.32 Å². The van der Waals surface area contributed by atoms with Gasteiger partial charge in [-0.2, -0.15) is 0 Å². The van der Waals surface area contributed by atoms with Gasteiger partial charge in [0.05, 0.1) is 35.8 Å². The molecule has 13 nitrogen and oxygen atoms in total. The second-order valence-corrected chi connectivity index (χ2v) is 11.2. The SMILES string of the molecule is CC(=O)[C@]1(O)Cc2c(O)c3c(c(O)c2C(O[C@H]2C[C@H](NC(=O)CCC(=O)O)[C@H](O)[C@@H](C)O2)C1)C(=O)c1ccccc1C3=O. The van der Waals surface area contributed by atoms with Gasteiger partial charge in [-0.3, -0.25) is 24.0 Å². The lowest BCUT2D eigenvalue weighted by atomic mass is 9.72. The Kier molecular flexibility index (Phi) is 7.86. The van der Waals surface area contributed by atoms with E-state index in [0.717, 1.165) is 6.92 Å². The molecule has 3 aliphatic rings. The number of carboxylic acid groups (broad SMARTS) is 1. The molecule has 0 aromatic heterocycles. The Morgan fingerprint density at radius 3 is 2.23 bits per heavy atom. The zero-order chi connectivity index (χ0) is 31.4. The highest BCUT2D eigenvalue weighted by molar-refractivity contribution is 6.30. The number of aliphatic hydroxyl groups excluding tert-OH is 1. The van der Waals surface area contributed by atoms with E-state index >= 15 is 0 Å². The summed E-state index contributed by atoms with van der Waals surface area (Å²) in [6, 6.07) is 5.01. The molecular weight excluding hydrogens is 566 g/mol. The number of aliphatic carboxylic acids is 1. The average Bonchev–Trinajstić information content (AvgIpc) is 2.94. The number of phenolic OH excluding ortho intramolecular Hbond substituents is 2. The Morgan fingerprint density at radius 1 is 1.05 bits per heavy atom. The van der Waals surface area contributed by atoms with Crippen LogP contribution in [0.5, 0.6) is 11.5 Å². The van der Waals surface area contributed by atoms with E-state index in [1.165, 1.54) is 19.1 Å². The van der Waals surface area contributed by atoms with Crippen molar-refractivity contribution >= 4 is 29.2 Å². The van der Waals surface area contributed by atoms with Crippen molar-refractivity contribution in [1.82, 2.24) is 5.32 Å². The van der Waals surface area contributed by atoms with Crippen LogP contribution in [-0.2, 0) is 30.3 Å². The third-order valence-electron chi connectivity index (χ3n) is 8.36. The van der Waals surface area contributed by atoms with Gasteiger partial charge in [-0.25, -0.2) is 0 Å². The van der Waals surface area contributed by atoms with Gasteiger partial charge in [0, 0.05) is 47.9 Å². The van der Waals surface area contributed by atoms with Crippen molar-refractivity contribution in [3.8, 4) is 11.5 Å². The van der Waals surface area contributed by atoms with E-state index in [1.54, 1.807) is 12.1 Å². The van der Waals surface area contributed by atoms with Gasteiger partial charge in [0.15, 0.2) is 23.6 Å². The van der Waals surface area contributed by atoms with Crippen molar-refractivity contribution in [2.75, 3.05) is 0 Å². The first kappa shape index (κ1) is 30.3. The molecule has 1 aliphatic heterocycles. The third-order valence-corrected chi connectivity index (χ3v) is 8.36. The first-order chi connectivity index (χ1) is 20.2. The zero-order valence-electron chi connectivity index (χ0n) is 23.3. The molecule has 43 heavy (non-hydrogen) atoms. The predicted molar refractivity (Wildman–Crippen MR) is 145 cm³/mol. The van der Waals surface area contributed by atoms with Crippen molar-refractivity contribution < 1.29 is 59.0 Å². The first-order valence-corrected chi connectivity index (χ1v) is 13.8. The summed E-state index contributed by atoms with van der Waals surface area (Å²) < 4.78 is 11.9. The van der Waals surface area contributed by atoms with Crippen molar-refractivity contribution in [2.24, 2.45) is 0 Å². The molecule has 6 atom stereocenters. The number of aliphatic hydroxyl groups is 2. The minimum Gasteiger partial charge on any atom is -0.507 e. The fraction of sp³-hybridized carbons (Fsp3) is 0.433. The summed E-state index contributed by atoms with van der Waals surface area (Å²) in [5.41, 5.74) is -3.15. The summed E-state index contributed by atoms with van der Waals surface area (Å²) in [6.45, 7) is 2.65. The zero-order valence-corrected chi connectivity index (χ0v) is 23.3. The standard InChI is InChI=1S/C30H31NO12/c1-12-25(36)17(31-19(33)7-8-20(34)35)9-21(42-12)43-18-11-30(41,13(2)32)10-16-22(18)29(40)24-23(28(16)39)26(37)14-5-3-4-6-15(14)27(24)38/h3-6,12,17-18,21,25,36,39-41H,7-11H2,1-2H3,(H,31,33)(H,34,35)/t12-,17+,18?,21+,25-,30+/m1/s1. The summed E-state index contributed by atoms with van der Waals surface area (Å²) in [7, 11) is 0. The number of phenols is 2. The van der Waals surface area contributed by atoms with E-state index in [0.29, 0.717) is 0 Å². The average molecular weight is 598 g/mol. The van der Waals surface area contributed by atoms with Crippen molar-refractivity contribution in [3.05, 3.63) is 57.6 Å². The molecule has 1 amide bonds. The minimum atomic E-state index is -2.08. The van der Waals surface area contributed by atoms with E-state index in [-0.39, 0.29) is 35.1 Å². The molecule has 1 heterocycles. The number of ketones is 3. The van der Waals surface area contributed by atoms with Crippen LogP contribution in [0.4, 0.5) is 0 Å². The van der Waals surface area contributed by atoms with E-state index < -0.39 is 107 Å². The number of fused-ring (bicyclic) bond motifs is 3. The van der Waals surface area contributed by atoms with Gasteiger partial charge in [-0.05, 0) is 13.8 Å². The van der Waals surface area contributed by atoms with Gasteiger partial charge < -0.3 is 40.3 Å². The number of amides is 1. The van der Waals surface area contributed by atoms with E-state index in [1.807, 2.05) is 0 Å². The van der Waals surface area contributed by atoms with Crippen LogP contribution in [-0.4, -0.2) is 84.9 Å². The second-order valence-electron chi connectivity index (χ2n) is 11.2. The molecule has 228 valence electrons. The van der Waals surface area contributed by atoms with Crippen LogP contribution in [0.1, 0.15) is 88.6 Å². The smallest absolute Gasteiger partial charge is 0.303 e. The van der Waals surface area contributed by atoms with Gasteiger partial charge in [0.1, 0.15) is 23.2 Å². The van der Waals surface area contributed by atoms with Crippen molar-refractivity contribution in [1.29, 1.82) is 0 Å². The number of hydrogen-bond donors (Lipinski definition) is 6. The molecule has 6 N–H and O–H groups in total. The summed E-state index contributed by atoms with van der Waals surface area (Å²) in [5, 5.41) is 56.2. The molecule has 0 saturated carbocycles. The molecule has 1 saturated heterocycles. The first-order valence-electron chi connectivity index (χ1n) is 13.8. The third kappa shape index (κ3) is 5.29. The highest BCUT2D eigenvalue weighted by Gasteiger charge is 2.49. The molecule has 1 fully saturated rings. The van der Waals surface area contributed by atoms with Crippen LogP contribution in [0.15, 0.2) is 24.3 Å². The highest BCUT2D eigenvalue weighted by Crippen LogP contribution is 2.52. The van der Waals surface area contributed by atoms with Crippen LogP contribution in [0.25, 0.3) is 0 Å². The Balaban J connectivity index is 1.53. The van der Waals surface area contributed by atoms with Gasteiger partial charge in [-0.15, -0.1) is 0 Å². The molecule has 1 unspecified atom stereocenters. The van der Waals surface area contributed by atoms with E-state index in [4.69, 9.17) is 14.6 Å². The number of carboxylic acids is 1. The van der Waals surface area contributed by atoms with Crippen LogP contribution >= 0.6 is 0 Å². The maximum absolute atomic E-state index is 13.5. The van der Waals surface area contributed by atoms with Crippen LogP contribution < -0.4 is 5.32 Å². The number of hydrogen-bond acceptors (Lipinski definition) is 11. The molecule has 13 heteroatoms. The molecular formula is C30H31NO12. The summed E-state index contributed by atoms with van der Waals surface area (Å²) in [5.74, 6) is -5.19. The van der Waals surface area contributed by atoms with Crippen LogP contribution in [0.3, 0.4) is 0 Å². The Labute approximate surface area is 245 Å². The number of nitrogens with one attached hydrogen (secondary N) is 1. The largest absolute Gasteiger partial charge is 0.507 e. The summed E-state index contributed by atoms with van der Waals surface area (Å²) >= 11 is 0. The monoisotopic (exact) mass is 597 g/mol. The highest BCUT2D eigenvalue weighted by atomic mass is 16.7. The molecule has 2 aromatic carbocycles. The number of carbonyl (C=O) groups is 5. The van der Waals surface area contributed by atoms with Crippen molar-refractivity contribution in [2.45, 2.75) is 82.2 Å². The summed E-state index contributed by atoms with van der Waals surface area (Å²) in [4.78, 5) is 62.6. The van der Waals surface area contributed by atoms with Crippen LogP contribution in [0.2, 0.25) is 0 Å². The van der Waals surface area contributed by atoms with Gasteiger partial charge in [-0.1, -0.05) is 24.3 Å². The second kappa shape index (κ2) is 11.2. The molecule has 0 spiro atoms. The fourth-order valence-electron chi connectivity index (χ4n) is 6.03. The molecule has 2 aliphatic carbocycles. The van der Waals surface area contributed by atoms with Crippen molar-refractivity contribution in [3.63, 3.8) is 0 Å². The lowest BCUT2D eigenvalue weighted by Gasteiger charge is -2.42. The number of benzene rings is 2. The number of aromatic hydroxyl groups is 2. The maximum atomic E-state index is 13.5. The minimum absolute atomic E-state index is 0.0275. The summed E-state index contributed by atoms with van der Waals surface area (Å²) in [6.07, 6.45) is -6.37. The number of Topliss-reactive ketones (excluding diaryl/α,β-unsaturated/α-hetero) is 1. The number of carbonyl (C=O) groups excluding carboxylic acids is 4. The Hall–Kier alpha value is -4.17. The fourth-order valence-corrected chi connectivity index (χ4v) is 6.03. The Morgan fingerprint density at radius 2 is 1.65 bits per heavy atom. The lowest BCUT2D eigenvalue weighted by molar-refractivity contribution is -0.249. The number of rotatable bonds is 7. The molecule has 0 bridgehead atoms. The van der Waals surface area contributed by atoms with Gasteiger partial charge in [0.2, 0.25) is 5.91 Å². The van der Waals surface area contributed by atoms with Gasteiger partial charge >= 0.3 is 5.97 Å². The van der Waals surface area contributed by atoms with Gasteiger partial charge in [0.25, 0.3) is 0 Å². The maximum Gasteiger partial charge on any atom is 0.303 e. The molecule has 5 rings (SSSR count). The topological polar surface area (TPSA) is 217 Å². The van der Waals surface area contributed by atoms with E-state index in [9.17, 15) is 44.4 Å². The quantitative estimate of drug-likeness (QED) is 0.211. The lowest BCUT2D eigenvalue weighted by Crippen LogP contribution is -2.55. The molecule has 0 radical (unpaired) electrons.